The van der Waals surface area contributed by atoms with Gasteiger partial charge in [-0.15, -0.1) is 0 Å². The van der Waals surface area contributed by atoms with Crippen LogP contribution >= 0.6 is 28.3 Å². The molecule has 0 atom stereocenters. The van der Waals surface area contributed by atoms with E-state index in [1.807, 2.05) is 37.3 Å². The lowest BCUT2D eigenvalue weighted by molar-refractivity contribution is 0.597. The minimum Gasteiger partial charge on any atom is -0.285 e. The van der Waals surface area contributed by atoms with Crippen LogP contribution in [0.1, 0.15) is 18.9 Å². The molecule has 14 heavy (non-hydrogen) atoms. The Morgan fingerprint density at radius 3 is 2.36 bits per heavy atom. The summed E-state index contributed by atoms with van der Waals surface area (Å²) < 4.78 is 11.2. The van der Waals surface area contributed by atoms with Crippen molar-refractivity contribution in [3.8, 4) is 0 Å². The Balaban J connectivity index is 3.06. The first-order chi connectivity index (χ1) is 6.53. The highest BCUT2D eigenvalue weighted by Gasteiger charge is 2.11. The Hall–Kier alpha value is -0.230. The Morgan fingerprint density at radius 1 is 1.36 bits per heavy atom. The zero-order valence-corrected chi connectivity index (χ0v) is 10.2. The number of allylic oxidation sites excluding steroid dienone is 1. The second kappa shape index (κ2) is 5.02. The summed E-state index contributed by atoms with van der Waals surface area (Å²) in [6, 6.07) is 9.66. The van der Waals surface area contributed by atoms with E-state index in [1.165, 1.54) is 5.82 Å². The molecule has 0 amide bonds. The van der Waals surface area contributed by atoms with E-state index in [0.717, 1.165) is 17.6 Å². The monoisotopic (exact) mass is 248 g/mol. The molecule has 1 nitrogen and oxygen atoms in total. The minimum absolute atomic E-state index is 0.757. The third-order valence-electron chi connectivity index (χ3n) is 1.83. The number of halogens is 2. The van der Waals surface area contributed by atoms with Crippen LogP contribution in [-0.2, 0) is 4.57 Å². The fraction of sp³-hybridized carbons (Fsp3) is 0.200. The Morgan fingerprint density at radius 2 is 1.93 bits per heavy atom. The van der Waals surface area contributed by atoms with Crippen LogP contribution in [0.4, 0.5) is 0 Å². The average molecular weight is 249 g/mol. The molecule has 0 N–H and O–H groups in total. The second-order valence-electron chi connectivity index (χ2n) is 2.88. The molecule has 0 saturated carbocycles. The predicted octanol–water partition coefficient (Wildman–Crippen LogP) is 5.11. The number of hydrogen-bond acceptors (Lipinski definition) is 1. The van der Waals surface area contributed by atoms with Crippen LogP contribution in [0.15, 0.2) is 36.1 Å². The van der Waals surface area contributed by atoms with E-state index in [1.54, 1.807) is 0 Å². The quantitative estimate of drug-likeness (QED) is 0.680. The molecule has 0 aliphatic heterocycles. The summed E-state index contributed by atoms with van der Waals surface area (Å²) in [4.78, 5) is 0. The zero-order chi connectivity index (χ0) is 10.6. The molecule has 0 saturated heterocycles. The van der Waals surface area contributed by atoms with Gasteiger partial charge < -0.3 is 0 Å². The van der Waals surface area contributed by atoms with Gasteiger partial charge in [-0.3, -0.25) is 4.57 Å². The first-order valence-corrected chi connectivity index (χ1v) is 7.87. The topological polar surface area (TPSA) is 17.1 Å². The molecule has 0 radical (unpaired) electrons. The Bertz CT molecular complexity index is 367. The summed E-state index contributed by atoms with van der Waals surface area (Å²) in [6.45, 7) is 1.97. The molecule has 0 spiro atoms. The maximum absolute atomic E-state index is 11.2. The Labute approximate surface area is 93.7 Å². The molecule has 1 aromatic carbocycles. The molecular weight excluding hydrogens is 238 g/mol. The lowest BCUT2D eigenvalue weighted by Gasteiger charge is -2.04. The van der Waals surface area contributed by atoms with Gasteiger partial charge >= 0.3 is 0 Å². The predicted molar refractivity (Wildman–Crippen MR) is 64.0 cm³/mol. The van der Waals surface area contributed by atoms with E-state index in [2.05, 4.69) is 0 Å². The van der Waals surface area contributed by atoms with Gasteiger partial charge in [0.2, 0.25) is 0 Å². The van der Waals surface area contributed by atoms with Crippen molar-refractivity contribution >= 4 is 33.9 Å². The summed E-state index contributed by atoms with van der Waals surface area (Å²) in [6.07, 6.45) is 0.757. The van der Waals surface area contributed by atoms with Crippen molar-refractivity contribution in [2.45, 2.75) is 13.3 Å². The molecule has 0 fully saturated rings. The maximum Gasteiger partial charge on any atom is 0.275 e. The summed E-state index contributed by atoms with van der Waals surface area (Å²) >= 11 is 11.0. The molecule has 0 unspecified atom stereocenters. The van der Waals surface area contributed by atoms with Crippen LogP contribution in [0, 0.1) is 0 Å². The van der Waals surface area contributed by atoms with Crippen LogP contribution in [0.5, 0.6) is 0 Å². The van der Waals surface area contributed by atoms with E-state index < -0.39 is 5.85 Å². The minimum atomic E-state index is -3.12. The smallest absolute Gasteiger partial charge is 0.275 e. The van der Waals surface area contributed by atoms with Crippen molar-refractivity contribution in [1.82, 2.24) is 0 Å². The molecule has 0 aromatic heterocycles. The van der Waals surface area contributed by atoms with Gasteiger partial charge in [0.05, 0.1) is 0 Å². The highest BCUT2D eigenvalue weighted by Crippen LogP contribution is 2.59. The Kier molecular flexibility index (Phi) is 4.25. The third kappa shape index (κ3) is 3.88. The van der Waals surface area contributed by atoms with Gasteiger partial charge in [-0.2, -0.15) is 0 Å². The van der Waals surface area contributed by atoms with Gasteiger partial charge in [-0.1, -0.05) is 37.3 Å². The normalized spacial score (nSPS) is 12.9. The third-order valence-corrected chi connectivity index (χ3v) is 3.03. The van der Waals surface area contributed by atoms with E-state index in [-0.39, 0.29) is 0 Å². The highest BCUT2D eigenvalue weighted by molar-refractivity contribution is 8.10. The summed E-state index contributed by atoms with van der Waals surface area (Å²) in [5, 5.41) is 0. The largest absolute Gasteiger partial charge is 0.285 e. The van der Waals surface area contributed by atoms with E-state index in [0.29, 0.717) is 0 Å². The average Bonchev–Trinajstić information content (AvgIpc) is 2.14. The first kappa shape index (κ1) is 11.8. The molecule has 1 rings (SSSR count). The molecular formula is C10H11Cl2OP. The van der Waals surface area contributed by atoms with Crippen molar-refractivity contribution in [3.05, 3.63) is 41.7 Å². The molecule has 0 heterocycles. The standard InChI is InChI=1S/C10H11Cl2OP/c1-2-9(8-14(11,12)13)10-6-4-3-5-7-10/h3-8H,2H2,1H3. The SMILES string of the molecule is CCC(=CP(=O)(Cl)Cl)c1ccccc1. The lowest BCUT2D eigenvalue weighted by Crippen LogP contribution is -1.80. The van der Waals surface area contributed by atoms with Crippen molar-refractivity contribution in [1.29, 1.82) is 0 Å². The zero-order valence-electron chi connectivity index (χ0n) is 7.78. The van der Waals surface area contributed by atoms with Crippen LogP contribution < -0.4 is 0 Å². The summed E-state index contributed by atoms with van der Waals surface area (Å²) in [5.41, 5.74) is 1.93. The van der Waals surface area contributed by atoms with Crippen LogP contribution in [0.2, 0.25) is 0 Å². The molecule has 0 aliphatic rings. The van der Waals surface area contributed by atoms with Crippen LogP contribution in [-0.4, -0.2) is 0 Å². The highest BCUT2D eigenvalue weighted by atomic mass is 35.9. The molecule has 0 aliphatic carbocycles. The van der Waals surface area contributed by atoms with Crippen molar-refractivity contribution < 1.29 is 4.57 Å². The molecule has 76 valence electrons. The van der Waals surface area contributed by atoms with Crippen LogP contribution in [0.25, 0.3) is 5.57 Å². The van der Waals surface area contributed by atoms with Gasteiger partial charge in [-0.25, -0.2) is 0 Å². The van der Waals surface area contributed by atoms with Crippen molar-refractivity contribution in [2.24, 2.45) is 0 Å². The molecule has 0 bridgehead atoms. The number of hydrogen-bond donors (Lipinski definition) is 0. The van der Waals surface area contributed by atoms with Crippen molar-refractivity contribution in [3.63, 3.8) is 0 Å². The van der Waals surface area contributed by atoms with E-state index in [4.69, 9.17) is 22.5 Å². The van der Waals surface area contributed by atoms with E-state index in [9.17, 15) is 4.57 Å². The number of benzene rings is 1. The summed E-state index contributed by atoms with van der Waals surface area (Å²) in [7, 11) is 0. The van der Waals surface area contributed by atoms with Gasteiger partial charge in [0.15, 0.2) is 0 Å². The first-order valence-electron chi connectivity index (χ1n) is 4.29. The fourth-order valence-corrected chi connectivity index (χ4v) is 2.60. The van der Waals surface area contributed by atoms with Gasteiger partial charge in [-0.05, 0) is 40.0 Å². The lowest BCUT2D eigenvalue weighted by atomic mass is 10.1. The fourth-order valence-electron chi connectivity index (χ4n) is 1.20. The maximum atomic E-state index is 11.2. The van der Waals surface area contributed by atoms with Gasteiger partial charge in [0.25, 0.3) is 5.85 Å². The molecule has 1 aromatic rings. The van der Waals surface area contributed by atoms with Gasteiger partial charge in [0, 0.05) is 5.82 Å². The summed E-state index contributed by atoms with van der Waals surface area (Å²) in [5.74, 6) is -1.67. The second-order valence-corrected chi connectivity index (χ2v) is 7.67. The van der Waals surface area contributed by atoms with E-state index >= 15 is 0 Å². The van der Waals surface area contributed by atoms with Crippen LogP contribution in [0.3, 0.4) is 0 Å². The van der Waals surface area contributed by atoms with Gasteiger partial charge in [0.1, 0.15) is 0 Å². The van der Waals surface area contributed by atoms with Crippen molar-refractivity contribution in [2.75, 3.05) is 0 Å². The molecule has 4 heteroatoms. The number of rotatable bonds is 3.